The zero-order chi connectivity index (χ0) is 24.2. The SMILES string of the molecule is COc1ccc(-c2ccc(OC(=O)c3ccc(-c4ccc(OC)cc4F)cc3)c(F)c2F)cc1. The predicted octanol–water partition coefficient (Wildman–Crippen LogP) is 6.67. The number of methoxy groups -OCH3 is 2. The van der Waals surface area contributed by atoms with Gasteiger partial charge in [0, 0.05) is 17.2 Å². The molecule has 34 heavy (non-hydrogen) atoms. The molecule has 0 fully saturated rings. The van der Waals surface area contributed by atoms with Gasteiger partial charge >= 0.3 is 5.97 Å². The summed E-state index contributed by atoms with van der Waals surface area (Å²) in [6.45, 7) is 0. The lowest BCUT2D eigenvalue weighted by Gasteiger charge is -2.10. The van der Waals surface area contributed by atoms with Crippen molar-refractivity contribution >= 4 is 5.97 Å². The van der Waals surface area contributed by atoms with Crippen molar-refractivity contribution in [2.24, 2.45) is 0 Å². The summed E-state index contributed by atoms with van der Waals surface area (Å²) in [7, 11) is 2.94. The van der Waals surface area contributed by atoms with Crippen molar-refractivity contribution in [1.29, 1.82) is 0 Å². The van der Waals surface area contributed by atoms with E-state index >= 15 is 0 Å². The van der Waals surface area contributed by atoms with Crippen molar-refractivity contribution < 1.29 is 32.2 Å². The van der Waals surface area contributed by atoms with Gasteiger partial charge in [0.1, 0.15) is 17.3 Å². The van der Waals surface area contributed by atoms with E-state index in [0.29, 0.717) is 28.2 Å². The molecule has 0 aliphatic rings. The summed E-state index contributed by atoms with van der Waals surface area (Å²) >= 11 is 0. The molecule has 0 spiro atoms. The van der Waals surface area contributed by atoms with E-state index in [-0.39, 0.29) is 11.1 Å². The van der Waals surface area contributed by atoms with Crippen LogP contribution in [0, 0.1) is 17.5 Å². The first-order valence-corrected chi connectivity index (χ1v) is 10.2. The monoisotopic (exact) mass is 464 g/mol. The van der Waals surface area contributed by atoms with Crippen molar-refractivity contribution in [3.63, 3.8) is 0 Å². The van der Waals surface area contributed by atoms with Gasteiger partial charge < -0.3 is 14.2 Å². The Kier molecular flexibility index (Phi) is 6.54. The molecular formula is C27H19F3O4. The van der Waals surface area contributed by atoms with Gasteiger partial charge in [0.25, 0.3) is 0 Å². The number of esters is 1. The summed E-state index contributed by atoms with van der Waals surface area (Å²) in [5.41, 5.74) is 1.40. The molecular weight excluding hydrogens is 445 g/mol. The minimum Gasteiger partial charge on any atom is -0.497 e. The van der Waals surface area contributed by atoms with E-state index in [2.05, 4.69) is 0 Å². The third kappa shape index (κ3) is 4.59. The zero-order valence-corrected chi connectivity index (χ0v) is 18.3. The number of ether oxygens (including phenoxy) is 3. The van der Waals surface area contributed by atoms with Crippen LogP contribution < -0.4 is 14.2 Å². The number of carbonyl (C=O) groups excluding carboxylic acids is 1. The minimum absolute atomic E-state index is 0.0193. The van der Waals surface area contributed by atoms with Crippen LogP contribution in [-0.4, -0.2) is 20.2 Å². The second-order valence-corrected chi connectivity index (χ2v) is 7.28. The number of benzene rings is 4. The number of rotatable bonds is 6. The molecule has 172 valence electrons. The van der Waals surface area contributed by atoms with E-state index in [0.717, 1.165) is 0 Å². The summed E-state index contributed by atoms with van der Waals surface area (Å²) in [6, 6.07) is 19.3. The van der Waals surface area contributed by atoms with Crippen LogP contribution in [0.5, 0.6) is 17.2 Å². The lowest BCUT2D eigenvalue weighted by Crippen LogP contribution is -2.10. The van der Waals surface area contributed by atoms with E-state index in [1.54, 1.807) is 36.4 Å². The number of hydrogen-bond acceptors (Lipinski definition) is 4. The van der Waals surface area contributed by atoms with Crippen LogP contribution >= 0.6 is 0 Å². The molecule has 0 aliphatic heterocycles. The molecule has 0 atom stereocenters. The van der Waals surface area contributed by atoms with Crippen molar-refractivity contribution in [2.75, 3.05) is 14.2 Å². The van der Waals surface area contributed by atoms with Gasteiger partial charge in [0.05, 0.1) is 19.8 Å². The topological polar surface area (TPSA) is 44.8 Å². The van der Waals surface area contributed by atoms with Gasteiger partial charge in [-0.15, -0.1) is 0 Å². The predicted molar refractivity (Wildman–Crippen MR) is 122 cm³/mol. The Bertz CT molecular complexity index is 1330. The lowest BCUT2D eigenvalue weighted by atomic mass is 10.0. The van der Waals surface area contributed by atoms with Crippen LogP contribution in [0.2, 0.25) is 0 Å². The maximum absolute atomic E-state index is 14.7. The standard InChI is InChI=1S/C27H19F3O4/c1-32-19-9-7-17(8-10-19)22-13-14-24(26(30)25(22)29)34-27(31)18-5-3-16(4-6-18)21-12-11-20(33-2)15-23(21)28/h3-15H,1-2H3. The molecule has 0 bridgehead atoms. The van der Waals surface area contributed by atoms with Crippen LogP contribution in [-0.2, 0) is 0 Å². The Hall–Kier alpha value is -4.26. The lowest BCUT2D eigenvalue weighted by molar-refractivity contribution is 0.0727. The average molecular weight is 464 g/mol. The van der Waals surface area contributed by atoms with E-state index in [9.17, 15) is 18.0 Å². The van der Waals surface area contributed by atoms with Gasteiger partial charge in [0.15, 0.2) is 11.6 Å². The van der Waals surface area contributed by atoms with Gasteiger partial charge in [-0.25, -0.2) is 13.6 Å². The molecule has 0 unspecified atom stereocenters. The second-order valence-electron chi connectivity index (χ2n) is 7.28. The Morgan fingerprint density at radius 3 is 1.82 bits per heavy atom. The highest BCUT2D eigenvalue weighted by Crippen LogP contribution is 2.31. The maximum atomic E-state index is 14.7. The third-order valence-corrected chi connectivity index (χ3v) is 5.26. The summed E-state index contributed by atoms with van der Waals surface area (Å²) in [6.07, 6.45) is 0. The van der Waals surface area contributed by atoms with Gasteiger partial charge in [-0.2, -0.15) is 4.39 Å². The molecule has 0 aromatic heterocycles. The molecule has 0 saturated heterocycles. The summed E-state index contributed by atoms with van der Waals surface area (Å²) < 4.78 is 58.7. The molecule has 0 radical (unpaired) electrons. The van der Waals surface area contributed by atoms with Crippen molar-refractivity contribution in [3.05, 3.63) is 102 Å². The Balaban J connectivity index is 1.52. The first kappa shape index (κ1) is 22.9. The molecule has 4 nitrogen and oxygen atoms in total. The van der Waals surface area contributed by atoms with Crippen LogP contribution in [0.1, 0.15) is 10.4 Å². The molecule has 0 saturated carbocycles. The van der Waals surface area contributed by atoms with Crippen molar-refractivity contribution in [2.45, 2.75) is 0 Å². The fourth-order valence-electron chi connectivity index (χ4n) is 3.41. The fourth-order valence-corrected chi connectivity index (χ4v) is 3.41. The molecule has 4 rings (SSSR count). The first-order valence-electron chi connectivity index (χ1n) is 10.2. The molecule has 0 aliphatic carbocycles. The van der Waals surface area contributed by atoms with Crippen molar-refractivity contribution in [3.8, 4) is 39.5 Å². The largest absolute Gasteiger partial charge is 0.497 e. The van der Waals surface area contributed by atoms with E-state index in [1.807, 2.05) is 0 Å². The smallest absolute Gasteiger partial charge is 0.343 e. The summed E-state index contributed by atoms with van der Waals surface area (Å²) in [5.74, 6) is -3.35. The molecule has 0 N–H and O–H groups in total. The number of carbonyl (C=O) groups is 1. The summed E-state index contributed by atoms with van der Waals surface area (Å²) in [5, 5.41) is 0. The minimum atomic E-state index is -1.28. The Labute approximate surface area is 194 Å². The van der Waals surface area contributed by atoms with Crippen LogP contribution in [0.3, 0.4) is 0 Å². The summed E-state index contributed by atoms with van der Waals surface area (Å²) in [4.78, 5) is 12.5. The number of hydrogen-bond donors (Lipinski definition) is 0. The van der Waals surface area contributed by atoms with Crippen LogP contribution in [0.15, 0.2) is 78.9 Å². The van der Waals surface area contributed by atoms with Gasteiger partial charge in [-0.1, -0.05) is 24.3 Å². The maximum Gasteiger partial charge on any atom is 0.343 e. The molecule has 4 aromatic rings. The van der Waals surface area contributed by atoms with E-state index < -0.39 is 29.2 Å². The quantitative estimate of drug-likeness (QED) is 0.236. The third-order valence-electron chi connectivity index (χ3n) is 5.26. The van der Waals surface area contributed by atoms with Gasteiger partial charge in [-0.3, -0.25) is 0 Å². The number of halogens is 3. The molecule has 0 amide bonds. The Morgan fingerprint density at radius 2 is 1.21 bits per heavy atom. The fraction of sp³-hybridized carbons (Fsp3) is 0.0741. The zero-order valence-electron chi connectivity index (χ0n) is 18.3. The normalized spacial score (nSPS) is 10.6. The van der Waals surface area contributed by atoms with Crippen LogP contribution in [0.4, 0.5) is 13.2 Å². The van der Waals surface area contributed by atoms with Gasteiger partial charge in [-0.05, 0) is 59.7 Å². The van der Waals surface area contributed by atoms with Crippen LogP contribution in [0.25, 0.3) is 22.3 Å². The Morgan fingerprint density at radius 1 is 0.647 bits per heavy atom. The highest BCUT2D eigenvalue weighted by atomic mass is 19.2. The first-order chi connectivity index (χ1) is 16.4. The van der Waals surface area contributed by atoms with Crippen molar-refractivity contribution in [1.82, 2.24) is 0 Å². The van der Waals surface area contributed by atoms with E-state index in [4.69, 9.17) is 14.2 Å². The highest BCUT2D eigenvalue weighted by Gasteiger charge is 2.19. The molecule has 7 heteroatoms. The van der Waals surface area contributed by atoms with Gasteiger partial charge in [0.2, 0.25) is 5.82 Å². The molecule has 0 heterocycles. The average Bonchev–Trinajstić information content (AvgIpc) is 2.87. The van der Waals surface area contributed by atoms with E-state index in [1.165, 1.54) is 56.7 Å². The molecule has 4 aromatic carbocycles. The highest BCUT2D eigenvalue weighted by molar-refractivity contribution is 5.91. The second kappa shape index (κ2) is 9.70.